The number of amides is 1. The summed E-state index contributed by atoms with van der Waals surface area (Å²) < 4.78 is 11.8. The second kappa shape index (κ2) is 5.54. The zero-order valence-electron chi connectivity index (χ0n) is 11.9. The third-order valence-corrected chi connectivity index (χ3v) is 4.08. The van der Waals surface area contributed by atoms with Gasteiger partial charge in [-0.3, -0.25) is 4.79 Å². The summed E-state index contributed by atoms with van der Waals surface area (Å²) in [6.07, 6.45) is 4.28. The van der Waals surface area contributed by atoms with Gasteiger partial charge in [-0.1, -0.05) is 17.7 Å². The molecule has 20 heavy (non-hydrogen) atoms. The molecule has 0 bridgehead atoms. The molecule has 0 radical (unpaired) electrons. The maximum atomic E-state index is 12.0. The van der Waals surface area contributed by atoms with Gasteiger partial charge in [-0.05, 0) is 31.9 Å². The molecular formula is C16H21NO3. The predicted molar refractivity (Wildman–Crippen MR) is 75.5 cm³/mol. The van der Waals surface area contributed by atoms with Crippen molar-refractivity contribution in [3.63, 3.8) is 0 Å². The van der Waals surface area contributed by atoms with Crippen LogP contribution in [-0.4, -0.2) is 30.9 Å². The fourth-order valence-electron chi connectivity index (χ4n) is 2.91. The number of hydrogen-bond donors (Lipinski definition) is 1. The minimum atomic E-state index is -0.348. The van der Waals surface area contributed by atoms with E-state index < -0.39 is 0 Å². The minimum Gasteiger partial charge on any atom is -0.349 e. The van der Waals surface area contributed by atoms with E-state index in [0.29, 0.717) is 18.7 Å². The summed E-state index contributed by atoms with van der Waals surface area (Å²) >= 11 is 0. The highest BCUT2D eigenvalue weighted by molar-refractivity contribution is 5.94. The van der Waals surface area contributed by atoms with Gasteiger partial charge in [0.25, 0.3) is 5.91 Å². The van der Waals surface area contributed by atoms with E-state index >= 15 is 0 Å². The Labute approximate surface area is 119 Å². The first kappa shape index (κ1) is 13.6. The molecule has 0 aromatic heterocycles. The SMILES string of the molecule is Cc1ccc(C(=O)NC[C@H]2COC3(CCCC3)O2)cc1. The number of nitrogens with one attached hydrogen (secondary N) is 1. The van der Waals surface area contributed by atoms with Crippen LogP contribution in [-0.2, 0) is 9.47 Å². The maximum Gasteiger partial charge on any atom is 0.251 e. The number of rotatable bonds is 3. The van der Waals surface area contributed by atoms with Crippen molar-refractivity contribution in [1.82, 2.24) is 5.32 Å². The fourth-order valence-corrected chi connectivity index (χ4v) is 2.91. The van der Waals surface area contributed by atoms with Crippen LogP contribution < -0.4 is 5.32 Å². The van der Waals surface area contributed by atoms with Crippen molar-refractivity contribution in [3.05, 3.63) is 35.4 Å². The van der Waals surface area contributed by atoms with Gasteiger partial charge in [0.15, 0.2) is 5.79 Å². The van der Waals surface area contributed by atoms with Crippen molar-refractivity contribution < 1.29 is 14.3 Å². The van der Waals surface area contributed by atoms with Crippen LogP contribution in [0.4, 0.5) is 0 Å². The monoisotopic (exact) mass is 275 g/mol. The lowest BCUT2D eigenvalue weighted by atomic mass is 10.1. The Hall–Kier alpha value is -1.39. The van der Waals surface area contributed by atoms with Gasteiger partial charge in [-0.2, -0.15) is 0 Å². The molecule has 2 fully saturated rings. The summed E-state index contributed by atoms with van der Waals surface area (Å²) in [5, 5.41) is 2.92. The van der Waals surface area contributed by atoms with E-state index in [2.05, 4.69) is 5.32 Å². The Morgan fingerprint density at radius 3 is 2.70 bits per heavy atom. The average molecular weight is 275 g/mol. The Balaban J connectivity index is 1.50. The highest BCUT2D eigenvalue weighted by Gasteiger charge is 2.43. The first-order valence-electron chi connectivity index (χ1n) is 7.34. The number of aryl methyl sites for hydroxylation is 1. The van der Waals surface area contributed by atoms with Crippen molar-refractivity contribution in [2.45, 2.75) is 44.5 Å². The Bertz CT molecular complexity index is 477. The lowest BCUT2D eigenvalue weighted by Gasteiger charge is -2.21. The van der Waals surface area contributed by atoms with Crippen LogP contribution in [0.5, 0.6) is 0 Å². The maximum absolute atomic E-state index is 12.0. The molecule has 0 unspecified atom stereocenters. The summed E-state index contributed by atoms with van der Waals surface area (Å²) in [7, 11) is 0. The zero-order chi connectivity index (χ0) is 14.0. The normalized spacial score (nSPS) is 24.1. The first-order chi connectivity index (χ1) is 9.67. The fraction of sp³-hybridized carbons (Fsp3) is 0.562. The molecule has 1 spiro atoms. The summed E-state index contributed by atoms with van der Waals surface area (Å²) in [4.78, 5) is 12.0. The number of benzene rings is 1. The zero-order valence-corrected chi connectivity index (χ0v) is 11.9. The van der Waals surface area contributed by atoms with E-state index in [0.717, 1.165) is 18.4 Å². The number of hydrogen-bond acceptors (Lipinski definition) is 3. The molecule has 1 aliphatic carbocycles. The third-order valence-electron chi connectivity index (χ3n) is 4.08. The molecule has 1 saturated heterocycles. The number of ether oxygens (including phenoxy) is 2. The summed E-state index contributed by atoms with van der Waals surface area (Å²) in [6.45, 7) is 3.09. The van der Waals surface area contributed by atoms with Crippen LogP contribution >= 0.6 is 0 Å². The van der Waals surface area contributed by atoms with Crippen LogP contribution in [0.3, 0.4) is 0 Å². The first-order valence-corrected chi connectivity index (χ1v) is 7.34. The minimum absolute atomic E-state index is 0.0255. The lowest BCUT2D eigenvalue weighted by molar-refractivity contribution is -0.161. The van der Waals surface area contributed by atoms with Crippen LogP contribution in [0.15, 0.2) is 24.3 Å². The largest absolute Gasteiger partial charge is 0.349 e. The van der Waals surface area contributed by atoms with Crippen molar-refractivity contribution in [2.75, 3.05) is 13.2 Å². The molecule has 2 aliphatic rings. The Morgan fingerprint density at radius 1 is 1.30 bits per heavy atom. The molecule has 1 N–H and O–H groups in total. The Kier molecular flexibility index (Phi) is 3.76. The van der Waals surface area contributed by atoms with Crippen molar-refractivity contribution in [3.8, 4) is 0 Å². The molecule has 1 heterocycles. The van der Waals surface area contributed by atoms with E-state index in [9.17, 15) is 4.79 Å². The number of carbonyl (C=O) groups is 1. The summed E-state index contributed by atoms with van der Waals surface area (Å²) in [5.41, 5.74) is 1.84. The smallest absolute Gasteiger partial charge is 0.251 e. The summed E-state index contributed by atoms with van der Waals surface area (Å²) in [6, 6.07) is 7.57. The van der Waals surface area contributed by atoms with Crippen molar-refractivity contribution in [2.24, 2.45) is 0 Å². The molecule has 1 saturated carbocycles. The van der Waals surface area contributed by atoms with Crippen LogP contribution in [0.25, 0.3) is 0 Å². The van der Waals surface area contributed by atoms with Crippen LogP contribution in [0, 0.1) is 6.92 Å². The van der Waals surface area contributed by atoms with Gasteiger partial charge in [0.05, 0.1) is 6.61 Å². The van der Waals surface area contributed by atoms with E-state index in [1.54, 1.807) is 0 Å². The molecule has 1 amide bonds. The van der Waals surface area contributed by atoms with Crippen LogP contribution in [0.2, 0.25) is 0 Å². The van der Waals surface area contributed by atoms with Gasteiger partial charge >= 0.3 is 0 Å². The molecule has 1 atom stereocenters. The predicted octanol–water partition coefficient (Wildman–Crippen LogP) is 2.41. The van der Waals surface area contributed by atoms with E-state index in [4.69, 9.17) is 9.47 Å². The van der Waals surface area contributed by atoms with Crippen LogP contribution in [0.1, 0.15) is 41.6 Å². The summed E-state index contributed by atoms with van der Waals surface area (Å²) in [5.74, 6) is -0.403. The molecule has 1 aromatic carbocycles. The second-order valence-electron chi connectivity index (χ2n) is 5.74. The van der Waals surface area contributed by atoms with Gasteiger partial charge in [0.1, 0.15) is 6.10 Å². The molecule has 4 heteroatoms. The molecule has 1 aliphatic heterocycles. The van der Waals surface area contributed by atoms with Gasteiger partial charge in [-0.15, -0.1) is 0 Å². The molecular weight excluding hydrogens is 254 g/mol. The number of carbonyl (C=O) groups excluding carboxylic acids is 1. The van der Waals surface area contributed by atoms with Crippen molar-refractivity contribution >= 4 is 5.91 Å². The topological polar surface area (TPSA) is 47.6 Å². The lowest BCUT2D eigenvalue weighted by Crippen LogP contribution is -2.35. The van der Waals surface area contributed by atoms with Gasteiger partial charge in [0, 0.05) is 24.9 Å². The Morgan fingerprint density at radius 2 is 2.00 bits per heavy atom. The third kappa shape index (κ3) is 2.86. The van der Waals surface area contributed by atoms with E-state index in [-0.39, 0.29) is 17.8 Å². The second-order valence-corrected chi connectivity index (χ2v) is 5.74. The molecule has 108 valence electrons. The van der Waals surface area contributed by atoms with E-state index in [1.165, 1.54) is 12.8 Å². The highest BCUT2D eigenvalue weighted by Crippen LogP contribution is 2.38. The van der Waals surface area contributed by atoms with Gasteiger partial charge in [-0.25, -0.2) is 0 Å². The highest BCUT2D eigenvalue weighted by atomic mass is 16.7. The molecule has 1 aromatic rings. The van der Waals surface area contributed by atoms with Gasteiger partial charge < -0.3 is 14.8 Å². The quantitative estimate of drug-likeness (QED) is 0.921. The van der Waals surface area contributed by atoms with Gasteiger partial charge in [0.2, 0.25) is 0 Å². The van der Waals surface area contributed by atoms with Crippen molar-refractivity contribution in [1.29, 1.82) is 0 Å². The molecule has 4 nitrogen and oxygen atoms in total. The average Bonchev–Trinajstić information content (AvgIpc) is 3.08. The standard InChI is InChI=1S/C16H21NO3/c1-12-4-6-13(7-5-12)15(18)17-10-14-11-19-16(20-14)8-2-3-9-16/h4-7,14H,2-3,8-11H2,1H3,(H,17,18)/t14-/m0/s1. The van der Waals surface area contributed by atoms with E-state index in [1.807, 2.05) is 31.2 Å². The molecule has 3 rings (SSSR count).